The topological polar surface area (TPSA) is 108 Å². The Labute approximate surface area is 242 Å². The lowest BCUT2D eigenvalue weighted by atomic mass is 9.62. The van der Waals surface area contributed by atoms with Crippen molar-refractivity contribution in [2.45, 2.75) is 84.2 Å². The van der Waals surface area contributed by atoms with Crippen LogP contribution in [0.4, 0.5) is 5.69 Å². The van der Waals surface area contributed by atoms with E-state index in [0.29, 0.717) is 25.1 Å². The Morgan fingerprint density at radius 1 is 1.10 bits per heavy atom. The zero-order chi connectivity index (χ0) is 29.7. The minimum absolute atomic E-state index is 0.0642. The molecule has 0 aromatic heterocycles. The number of carbonyl (C=O) groups excluding carboxylic acids is 3. The minimum Gasteiger partial charge on any atom is -0.394 e. The Kier molecular flexibility index (Phi) is 7.76. The van der Waals surface area contributed by atoms with Crippen LogP contribution in [0.15, 0.2) is 48.5 Å². The highest BCUT2D eigenvalue weighted by atomic mass is 16.5. The third kappa shape index (κ3) is 4.56. The molecule has 2 aromatic carbocycles. The van der Waals surface area contributed by atoms with Crippen LogP contribution < -0.4 is 10.6 Å². The van der Waals surface area contributed by atoms with Crippen LogP contribution in [0.1, 0.15) is 57.2 Å². The van der Waals surface area contributed by atoms with Gasteiger partial charge in [-0.15, -0.1) is 0 Å². The third-order valence-electron chi connectivity index (χ3n) is 10.2. The zero-order valence-corrected chi connectivity index (χ0v) is 24.9. The molecule has 3 aliphatic heterocycles. The summed E-state index contributed by atoms with van der Waals surface area (Å²) in [6.45, 7) is 11.9. The lowest BCUT2D eigenvalue weighted by Gasteiger charge is -2.39. The van der Waals surface area contributed by atoms with Gasteiger partial charge in [-0.05, 0) is 55.7 Å². The second-order valence-corrected chi connectivity index (χ2v) is 12.5. The van der Waals surface area contributed by atoms with Crippen LogP contribution in [-0.4, -0.2) is 57.6 Å². The summed E-state index contributed by atoms with van der Waals surface area (Å²) in [6.07, 6.45) is 1.19. The maximum atomic E-state index is 14.5. The molecule has 3 N–H and O–H groups in total. The van der Waals surface area contributed by atoms with E-state index in [1.165, 1.54) is 0 Å². The smallest absolute Gasteiger partial charge is 0.250 e. The molecular weight excluding hydrogens is 518 g/mol. The van der Waals surface area contributed by atoms with Gasteiger partial charge in [-0.2, -0.15) is 0 Å². The first kappa shape index (κ1) is 29.3. The Morgan fingerprint density at radius 2 is 1.76 bits per heavy atom. The second kappa shape index (κ2) is 10.9. The first-order valence-corrected chi connectivity index (χ1v) is 14.8. The molecule has 8 nitrogen and oxygen atoms in total. The van der Waals surface area contributed by atoms with Crippen molar-refractivity contribution in [3.63, 3.8) is 0 Å². The number of para-hydroxylation sites is 1. The average Bonchev–Trinajstić information content (AvgIpc) is 3.47. The van der Waals surface area contributed by atoms with Crippen LogP contribution in [0.25, 0.3) is 0 Å². The molecule has 0 radical (unpaired) electrons. The molecule has 41 heavy (non-hydrogen) atoms. The summed E-state index contributed by atoms with van der Waals surface area (Å²) in [5.74, 6) is -2.60. The number of nitrogens with one attached hydrogen (secondary N) is 2. The molecule has 2 bridgehead atoms. The molecule has 1 spiro atoms. The maximum absolute atomic E-state index is 14.5. The predicted octanol–water partition coefficient (Wildman–Crippen LogP) is 3.98. The molecule has 3 unspecified atom stereocenters. The molecule has 3 heterocycles. The number of aliphatic hydroxyl groups excluding tert-OH is 1. The average molecular weight is 562 g/mol. The van der Waals surface area contributed by atoms with E-state index in [9.17, 15) is 19.5 Å². The first-order valence-electron chi connectivity index (χ1n) is 14.8. The van der Waals surface area contributed by atoms with Gasteiger partial charge in [0, 0.05) is 12.2 Å². The summed E-state index contributed by atoms with van der Waals surface area (Å²) < 4.78 is 6.84. The summed E-state index contributed by atoms with van der Waals surface area (Å²) >= 11 is 0. The molecule has 3 amide bonds. The minimum atomic E-state index is -1.18. The fourth-order valence-corrected chi connectivity index (χ4v) is 7.65. The number of ether oxygens (including phenoxy) is 1. The van der Waals surface area contributed by atoms with Gasteiger partial charge in [0.2, 0.25) is 17.7 Å². The molecule has 5 rings (SSSR count). The van der Waals surface area contributed by atoms with Crippen LogP contribution in [0, 0.1) is 37.5 Å². The number of hydrogen-bond donors (Lipinski definition) is 3. The summed E-state index contributed by atoms with van der Waals surface area (Å²) in [4.78, 5) is 44.4. The van der Waals surface area contributed by atoms with Crippen molar-refractivity contribution in [1.29, 1.82) is 0 Å². The fraction of sp³-hybridized carbons (Fsp3) is 0.545. The number of carbonyl (C=O) groups is 3. The zero-order valence-electron chi connectivity index (χ0n) is 24.9. The van der Waals surface area contributed by atoms with Crippen LogP contribution in [0.3, 0.4) is 0 Å². The Balaban J connectivity index is 1.56. The van der Waals surface area contributed by atoms with Gasteiger partial charge >= 0.3 is 0 Å². The van der Waals surface area contributed by atoms with Crippen molar-refractivity contribution in [3.05, 3.63) is 65.2 Å². The number of nitrogens with zero attached hydrogens (tertiary/aromatic N) is 1. The van der Waals surface area contributed by atoms with E-state index < -0.39 is 35.1 Å². The normalized spacial score (nSPS) is 31.6. The van der Waals surface area contributed by atoms with Crippen molar-refractivity contribution in [3.8, 4) is 0 Å². The van der Waals surface area contributed by atoms with Gasteiger partial charge in [0.1, 0.15) is 11.6 Å². The van der Waals surface area contributed by atoms with Crippen molar-refractivity contribution < 1.29 is 24.2 Å². The number of anilines is 1. The Bertz CT molecular complexity index is 1310. The van der Waals surface area contributed by atoms with Gasteiger partial charge in [-0.25, -0.2) is 0 Å². The highest BCUT2D eigenvalue weighted by molar-refractivity contribution is 6.04. The van der Waals surface area contributed by atoms with Crippen LogP contribution in [0.5, 0.6) is 0 Å². The van der Waals surface area contributed by atoms with Crippen LogP contribution in [0.2, 0.25) is 0 Å². The third-order valence-corrected chi connectivity index (χ3v) is 10.2. The monoisotopic (exact) mass is 561 g/mol. The number of aliphatic hydroxyl groups is 1. The fourth-order valence-electron chi connectivity index (χ4n) is 7.65. The molecule has 0 saturated carbocycles. The number of amides is 3. The van der Waals surface area contributed by atoms with Crippen molar-refractivity contribution in [2.24, 2.45) is 23.7 Å². The van der Waals surface area contributed by atoms with E-state index in [1.54, 1.807) is 4.90 Å². The molecule has 8 heteroatoms. The Morgan fingerprint density at radius 3 is 2.37 bits per heavy atom. The molecule has 220 valence electrons. The van der Waals surface area contributed by atoms with E-state index in [4.69, 9.17) is 4.74 Å². The highest BCUT2D eigenvalue weighted by Crippen LogP contribution is 2.65. The number of benzene rings is 2. The van der Waals surface area contributed by atoms with Gasteiger partial charge in [-0.3, -0.25) is 14.4 Å². The van der Waals surface area contributed by atoms with E-state index in [2.05, 4.69) is 10.6 Å². The lowest BCUT2D eigenvalue weighted by Crippen LogP contribution is -2.57. The van der Waals surface area contributed by atoms with Crippen molar-refractivity contribution in [2.75, 3.05) is 11.9 Å². The summed E-state index contributed by atoms with van der Waals surface area (Å²) in [5.41, 5.74) is 1.41. The van der Waals surface area contributed by atoms with Gasteiger partial charge in [0.05, 0.1) is 30.1 Å². The van der Waals surface area contributed by atoms with Crippen LogP contribution >= 0.6 is 0 Å². The number of hydrogen-bond acceptors (Lipinski definition) is 5. The molecule has 2 aromatic rings. The van der Waals surface area contributed by atoms with E-state index in [-0.39, 0.29) is 36.2 Å². The highest BCUT2D eigenvalue weighted by Gasteiger charge is 2.80. The van der Waals surface area contributed by atoms with Gasteiger partial charge < -0.3 is 25.4 Å². The quantitative estimate of drug-likeness (QED) is 0.429. The van der Waals surface area contributed by atoms with Gasteiger partial charge in [0.15, 0.2) is 0 Å². The Hall–Kier alpha value is -3.23. The summed E-state index contributed by atoms with van der Waals surface area (Å²) in [5, 5.41) is 16.7. The van der Waals surface area contributed by atoms with Gasteiger partial charge in [-0.1, -0.05) is 75.7 Å². The first-order chi connectivity index (χ1) is 19.5. The number of fused-ring (bicyclic) bond motifs is 1. The number of likely N-dealkylation sites (tertiary alicyclic amines) is 1. The van der Waals surface area contributed by atoms with Gasteiger partial charge in [0.25, 0.3) is 0 Å². The molecule has 3 fully saturated rings. The maximum Gasteiger partial charge on any atom is 0.250 e. The van der Waals surface area contributed by atoms with Crippen molar-refractivity contribution >= 4 is 23.4 Å². The standard InChI is InChI=1S/C33H43N3O5/c1-7-19(2)24(18-37)36-28(30(39)35-27-20(3)12-11-13-21(27)4)33-16-22(5)32(6,41-33)25(26(33)31(36)40)29(38)34-17-23-14-9-8-10-15-23/h8-15,19,22,24-26,28,37H,7,16-18H2,1-6H3,(H,34,38)(H,35,39)/t19-,22?,24-,25+,26-,28?,32-,33?/m0/s1. The summed E-state index contributed by atoms with van der Waals surface area (Å²) in [7, 11) is 0. The predicted molar refractivity (Wildman–Crippen MR) is 157 cm³/mol. The second-order valence-electron chi connectivity index (χ2n) is 12.5. The van der Waals surface area contributed by atoms with Crippen molar-refractivity contribution in [1.82, 2.24) is 10.2 Å². The molecular formula is C33H43N3O5. The molecule has 0 aliphatic carbocycles. The van der Waals surface area contributed by atoms with Crippen LogP contribution in [-0.2, 0) is 25.7 Å². The molecule has 3 aliphatic rings. The molecule has 8 atom stereocenters. The number of aryl methyl sites for hydroxylation is 2. The lowest BCUT2D eigenvalue weighted by molar-refractivity contribution is -0.150. The SMILES string of the molecule is CC[C@H](C)[C@H](CO)N1C(=O)[C@@H]2[C@H](C(=O)NCc3ccccc3)[C@@]3(C)OC2(CC3C)C1C(=O)Nc1c(C)cccc1C. The number of rotatable bonds is 9. The van der Waals surface area contributed by atoms with E-state index in [1.807, 2.05) is 90.1 Å². The largest absolute Gasteiger partial charge is 0.394 e. The van der Waals surface area contributed by atoms with E-state index in [0.717, 1.165) is 16.7 Å². The summed E-state index contributed by atoms with van der Waals surface area (Å²) in [6, 6.07) is 13.9. The van der Waals surface area contributed by atoms with E-state index >= 15 is 0 Å². The molecule has 3 saturated heterocycles.